The van der Waals surface area contributed by atoms with Gasteiger partial charge in [0.05, 0.1) is 0 Å². The molecule has 0 heterocycles. The van der Waals surface area contributed by atoms with Crippen LogP contribution in [0.2, 0.25) is 0 Å². The van der Waals surface area contributed by atoms with Gasteiger partial charge in [0, 0.05) is 25.6 Å². The van der Waals surface area contributed by atoms with Crippen LogP contribution in [-0.4, -0.2) is 36.5 Å². The number of hydrogen-bond donors (Lipinski definition) is 1. The molecule has 0 bridgehead atoms. The predicted molar refractivity (Wildman–Crippen MR) is 116 cm³/mol. The van der Waals surface area contributed by atoms with Gasteiger partial charge in [-0.1, -0.05) is 73.1 Å². The Morgan fingerprint density at radius 2 is 1.46 bits per heavy atom. The van der Waals surface area contributed by atoms with Gasteiger partial charge in [-0.05, 0) is 44.6 Å². The lowest BCUT2D eigenvalue weighted by molar-refractivity contribution is -0.134. The summed E-state index contributed by atoms with van der Waals surface area (Å²) < 4.78 is 0. The molecule has 3 unspecified atom stereocenters. The van der Waals surface area contributed by atoms with Gasteiger partial charge in [0.25, 0.3) is 0 Å². The van der Waals surface area contributed by atoms with Crippen molar-refractivity contribution >= 4 is 5.91 Å². The monoisotopic (exact) mass is 368 g/mol. The molecule has 156 valence electrons. The summed E-state index contributed by atoms with van der Waals surface area (Å²) >= 11 is 0. The van der Waals surface area contributed by atoms with Crippen molar-refractivity contribution in [1.29, 1.82) is 0 Å². The molecule has 1 amide bonds. The van der Waals surface area contributed by atoms with Crippen molar-refractivity contribution in [3.8, 4) is 0 Å². The summed E-state index contributed by atoms with van der Waals surface area (Å²) in [4.78, 5) is 15.0. The van der Waals surface area contributed by atoms with Crippen LogP contribution in [0.3, 0.4) is 0 Å². The summed E-state index contributed by atoms with van der Waals surface area (Å²) in [5, 5.41) is 3.54. The van der Waals surface area contributed by atoms with Crippen molar-refractivity contribution in [1.82, 2.24) is 10.2 Å². The van der Waals surface area contributed by atoms with E-state index in [1.165, 1.54) is 51.4 Å². The maximum Gasteiger partial charge on any atom is 0.224 e. The molecule has 0 spiro atoms. The summed E-state index contributed by atoms with van der Waals surface area (Å²) in [5.41, 5.74) is 0. The number of hydrogen-bond acceptors (Lipinski definition) is 2. The molecule has 0 saturated heterocycles. The van der Waals surface area contributed by atoms with Gasteiger partial charge in [0.2, 0.25) is 5.91 Å². The molecule has 0 aliphatic rings. The van der Waals surface area contributed by atoms with Gasteiger partial charge in [-0.25, -0.2) is 0 Å². The number of unbranched alkanes of at least 4 members (excludes halogenated alkanes) is 2. The maximum absolute atomic E-state index is 12.8. The molecule has 0 rings (SSSR count). The second-order valence-electron chi connectivity index (χ2n) is 8.09. The third-order valence-corrected chi connectivity index (χ3v) is 5.93. The van der Waals surface area contributed by atoms with Gasteiger partial charge in [-0.15, -0.1) is 0 Å². The average Bonchev–Trinajstić information content (AvgIpc) is 2.66. The smallest absolute Gasteiger partial charge is 0.224 e. The topological polar surface area (TPSA) is 32.3 Å². The summed E-state index contributed by atoms with van der Waals surface area (Å²) in [6.45, 7) is 16.3. The normalized spacial score (nSPS) is 14.8. The fraction of sp³-hybridized carbons (Fsp3) is 0.957. The highest BCUT2D eigenvalue weighted by Gasteiger charge is 2.21. The van der Waals surface area contributed by atoms with E-state index in [0.29, 0.717) is 24.3 Å². The Balaban J connectivity index is 4.41. The van der Waals surface area contributed by atoms with Crippen LogP contribution in [0, 0.1) is 11.8 Å². The van der Waals surface area contributed by atoms with E-state index in [4.69, 9.17) is 0 Å². The lowest BCUT2D eigenvalue weighted by atomic mass is 9.97. The molecule has 0 aliphatic heterocycles. The van der Waals surface area contributed by atoms with Gasteiger partial charge in [0.15, 0.2) is 0 Å². The highest BCUT2D eigenvalue weighted by atomic mass is 16.2. The zero-order valence-corrected chi connectivity index (χ0v) is 18.8. The van der Waals surface area contributed by atoms with Crippen molar-refractivity contribution in [2.75, 3.05) is 19.6 Å². The molecule has 0 aromatic heterocycles. The number of nitrogens with one attached hydrogen (secondary N) is 1. The third kappa shape index (κ3) is 11.2. The molecule has 3 heteroatoms. The number of nitrogens with zero attached hydrogens (tertiary/aromatic N) is 1. The van der Waals surface area contributed by atoms with E-state index in [9.17, 15) is 4.79 Å². The van der Waals surface area contributed by atoms with E-state index < -0.39 is 0 Å². The highest BCUT2D eigenvalue weighted by molar-refractivity contribution is 5.76. The fourth-order valence-corrected chi connectivity index (χ4v) is 3.53. The Kier molecular flexibility index (Phi) is 16.2. The number of amides is 1. The first-order chi connectivity index (χ1) is 12.5. The molecule has 0 aromatic carbocycles. The maximum atomic E-state index is 12.8. The summed E-state index contributed by atoms with van der Waals surface area (Å²) in [6, 6.07) is 0.353. The number of rotatable bonds is 17. The van der Waals surface area contributed by atoms with E-state index >= 15 is 0 Å². The summed E-state index contributed by atoms with van der Waals surface area (Å²) in [5.74, 6) is 1.75. The van der Waals surface area contributed by atoms with Crippen LogP contribution < -0.4 is 5.32 Å². The summed E-state index contributed by atoms with van der Waals surface area (Å²) in [6.07, 6.45) is 11.8. The van der Waals surface area contributed by atoms with Crippen LogP contribution in [0.25, 0.3) is 0 Å². The Morgan fingerprint density at radius 1 is 0.885 bits per heavy atom. The molecule has 3 nitrogen and oxygen atoms in total. The second-order valence-corrected chi connectivity index (χ2v) is 8.09. The quantitative estimate of drug-likeness (QED) is 0.318. The molecular formula is C23H48N2O. The van der Waals surface area contributed by atoms with Gasteiger partial charge in [-0.3, -0.25) is 4.79 Å². The molecule has 0 aliphatic carbocycles. The minimum atomic E-state index is 0.336. The first-order valence-electron chi connectivity index (χ1n) is 11.5. The molecule has 26 heavy (non-hydrogen) atoms. The van der Waals surface area contributed by atoms with E-state index in [0.717, 1.165) is 32.0 Å². The third-order valence-electron chi connectivity index (χ3n) is 5.93. The molecular weight excluding hydrogens is 320 g/mol. The number of carbonyl (C=O) groups excluding carboxylic acids is 1. The van der Waals surface area contributed by atoms with E-state index in [1.54, 1.807) is 0 Å². The Morgan fingerprint density at radius 3 is 1.96 bits per heavy atom. The van der Waals surface area contributed by atoms with E-state index in [-0.39, 0.29) is 0 Å². The summed E-state index contributed by atoms with van der Waals surface area (Å²) in [7, 11) is 0. The first-order valence-corrected chi connectivity index (χ1v) is 11.5. The molecule has 0 aromatic rings. The molecule has 0 saturated carbocycles. The van der Waals surface area contributed by atoms with Crippen molar-refractivity contribution in [2.24, 2.45) is 11.8 Å². The standard InChI is InChI=1S/C23H48N2O/c1-7-12-14-21(10-4)18-24-17-16-23(26)25(20(6)9-3)19-22(11-5)15-13-8-2/h20-22,24H,7-19H2,1-6H3. The van der Waals surface area contributed by atoms with E-state index in [1.807, 2.05) is 0 Å². The zero-order valence-electron chi connectivity index (χ0n) is 18.8. The molecule has 1 N–H and O–H groups in total. The average molecular weight is 369 g/mol. The zero-order chi connectivity index (χ0) is 19.8. The van der Waals surface area contributed by atoms with Gasteiger partial charge in [0.1, 0.15) is 0 Å². The van der Waals surface area contributed by atoms with Gasteiger partial charge < -0.3 is 10.2 Å². The SMILES string of the molecule is CCCCC(CC)CNCCC(=O)N(CC(CC)CCCC)C(C)CC. The predicted octanol–water partition coefficient (Wildman–Crippen LogP) is 6.03. The molecule has 0 fully saturated rings. The minimum absolute atomic E-state index is 0.336. The van der Waals surface area contributed by atoms with Crippen molar-refractivity contribution in [2.45, 2.75) is 112 Å². The second kappa shape index (κ2) is 16.6. The van der Waals surface area contributed by atoms with Crippen LogP contribution in [0.5, 0.6) is 0 Å². The lowest BCUT2D eigenvalue weighted by Gasteiger charge is -2.32. The Labute approximate surface area is 164 Å². The molecule has 0 radical (unpaired) electrons. The lowest BCUT2D eigenvalue weighted by Crippen LogP contribution is -2.42. The van der Waals surface area contributed by atoms with E-state index in [2.05, 4.69) is 51.8 Å². The largest absolute Gasteiger partial charge is 0.340 e. The Hall–Kier alpha value is -0.570. The first kappa shape index (κ1) is 25.4. The van der Waals surface area contributed by atoms with Crippen LogP contribution in [-0.2, 0) is 4.79 Å². The Bertz CT molecular complexity index is 332. The van der Waals surface area contributed by atoms with Crippen LogP contribution in [0.15, 0.2) is 0 Å². The highest BCUT2D eigenvalue weighted by Crippen LogP contribution is 2.18. The van der Waals surface area contributed by atoms with Crippen LogP contribution >= 0.6 is 0 Å². The van der Waals surface area contributed by atoms with Crippen molar-refractivity contribution in [3.63, 3.8) is 0 Å². The van der Waals surface area contributed by atoms with Gasteiger partial charge >= 0.3 is 0 Å². The fourth-order valence-electron chi connectivity index (χ4n) is 3.53. The van der Waals surface area contributed by atoms with Crippen LogP contribution in [0.1, 0.15) is 106 Å². The van der Waals surface area contributed by atoms with Crippen molar-refractivity contribution < 1.29 is 4.79 Å². The van der Waals surface area contributed by atoms with Crippen molar-refractivity contribution in [3.05, 3.63) is 0 Å². The molecule has 3 atom stereocenters. The van der Waals surface area contributed by atoms with Gasteiger partial charge in [-0.2, -0.15) is 0 Å². The minimum Gasteiger partial charge on any atom is -0.340 e. The number of carbonyl (C=O) groups is 1. The van der Waals surface area contributed by atoms with Crippen LogP contribution in [0.4, 0.5) is 0 Å².